The van der Waals surface area contributed by atoms with Gasteiger partial charge in [-0.05, 0) is 31.6 Å². The summed E-state index contributed by atoms with van der Waals surface area (Å²) in [5.41, 5.74) is -0.507. The quantitative estimate of drug-likeness (QED) is 0.794. The number of rotatable bonds is 1. The lowest BCUT2D eigenvalue weighted by atomic mass is 9.75. The fraction of sp³-hybridized carbons (Fsp3) is 0.867. The van der Waals surface area contributed by atoms with Gasteiger partial charge in [-0.3, -0.25) is 4.79 Å². The fourth-order valence-electron chi connectivity index (χ4n) is 3.56. The number of piperidine rings is 1. The molecule has 1 amide bonds. The fourth-order valence-corrected chi connectivity index (χ4v) is 3.56. The van der Waals surface area contributed by atoms with Crippen LogP contribution in [-0.4, -0.2) is 34.0 Å². The zero-order chi connectivity index (χ0) is 14.2. The molecule has 19 heavy (non-hydrogen) atoms. The van der Waals surface area contributed by atoms with Crippen LogP contribution < -0.4 is 0 Å². The van der Waals surface area contributed by atoms with E-state index in [0.29, 0.717) is 12.3 Å². The lowest BCUT2D eigenvalue weighted by molar-refractivity contribution is -0.162. The molecule has 0 aromatic rings. The molecule has 1 aliphatic heterocycles. The molecule has 0 radical (unpaired) electrons. The highest BCUT2D eigenvalue weighted by molar-refractivity contribution is 5.87. The molecule has 0 aromatic carbocycles. The molecule has 1 saturated carbocycles. The van der Waals surface area contributed by atoms with Crippen LogP contribution in [0.4, 0.5) is 0 Å². The summed E-state index contributed by atoms with van der Waals surface area (Å²) in [6.45, 7) is 5.63. The first-order valence-electron chi connectivity index (χ1n) is 7.38. The molecule has 2 rings (SSSR count). The number of fused-ring (bicyclic) bond motifs is 1. The molecule has 1 heterocycles. The number of hydrogen-bond acceptors (Lipinski definition) is 2. The Morgan fingerprint density at radius 1 is 1.05 bits per heavy atom. The maximum atomic E-state index is 12.7. The standard InChI is InChI=1S/C15H25NO3/c1-15(2,3)14(19)16-11-7-5-4-6-10(11)8-9-12(16)13(17)18/h10-12H,4-9H2,1-3H3,(H,17,18). The maximum Gasteiger partial charge on any atom is 0.326 e. The van der Waals surface area contributed by atoms with Crippen LogP contribution in [0.2, 0.25) is 0 Å². The van der Waals surface area contributed by atoms with E-state index in [1.807, 2.05) is 20.8 Å². The number of amides is 1. The summed E-state index contributed by atoms with van der Waals surface area (Å²) in [6.07, 6.45) is 6.01. The first-order valence-corrected chi connectivity index (χ1v) is 7.38. The van der Waals surface area contributed by atoms with Gasteiger partial charge in [0.05, 0.1) is 0 Å². The topological polar surface area (TPSA) is 57.6 Å². The Labute approximate surface area is 115 Å². The normalized spacial score (nSPS) is 31.7. The third-order valence-electron chi connectivity index (χ3n) is 4.53. The van der Waals surface area contributed by atoms with Crippen LogP contribution in [0.5, 0.6) is 0 Å². The predicted octanol–water partition coefficient (Wildman–Crippen LogP) is 2.67. The van der Waals surface area contributed by atoms with Crippen molar-refractivity contribution in [1.82, 2.24) is 4.90 Å². The van der Waals surface area contributed by atoms with Gasteiger partial charge in [0.2, 0.25) is 5.91 Å². The summed E-state index contributed by atoms with van der Waals surface area (Å²) in [7, 11) is 0. The van der Waals surface area contributed by atoms with Crippen LogP contribution in [0, 0.1) is 11.3 Å². The van der Waals surface area contributed by atoms with Gasteiger partial charge >= 0.3 is 5.97 Å². The van der Waals surface area contributed by atoms with Crippen molar-refractivity contribution in [2.75, 3.05) is 0 Å². The molecule has 2 aliphatic rings. The van der Waals surface area contributed by atoms with E-state index >= 15 is 0 Å². The van der Waals surface area contributed by atoms with Gasteiger partial charge in [0.1, 0.15) is 6.04 Å². The summed E-state index contributed by atoms with van der Waals surface area (Å²) >= 11 is 0. The van der Waals surface area contributed by atoms with Crippen molar-refractivity contribution in [3.05, 3.63) is 0 Å². The van der Waals surface area contributed by atoms with E-state index in [0.717, 1.165) is 25.7 Å². The Morgan fingerprint density at radius 3 is 2.26 bits per heavy atom. The first-order chi connectivity index (χ1) is 8.82. The minimum Gasteiger partial charge on any atom is -0.480 e. The number of aliphatic carboxylic acids is 1. The van der Waals surface area contributed by atoms with Crippen molar-refractivity contribution >= 4 is 11.9 Å². The Balaban J connectivity index is 2.29. The molecule has 1 N–H and O–H groups in total. The van der Waals surface area contributed by atoms with Crippen LogP contribution in [-0.2, 0) is 9.59 Å². The minimum absolute atomic E-state index is 0.00324. The molecule has 4 nitrogen and oxygen atoms in total. The van der Waals surface area contributed by atoms with E-state index in [2.05, 4.69) is 0 Å². The number of carbonyl (C=O) groups excluding carboxylic acids is 1. The number of likely N-dealkylation sites (tertiary alicyclic amines) is 1. The molecule has 0 spiro atoms. The molecule has 4 heteroatoms. The van der Waals surface area contributed by atoms with Gasteiger partial charge < -0.3 is 10.0 Å². The number of nitrogens with zero attached hydrogens (tertiary/aromatic N) is 1. The van der Waals surface area contributed by atoms with Crippen LogP contribution in [0.25, 0.3) is 0 Å². The monoisotopic (exact) mass is 267 g/mol. The zero-order valence-electron chi connectivity index (χ0n) is 12.2. The smallest absolute Gasteiger partial charge is 0.326 e. The highest BCUT2D eigenvalue weighted by Crippen LogP contribution is 2.39. The maximum absolute atomic E-state index is 12.7. The first kappa shape index (κ1) is 14.4. The van der Waals surface area contributed by atoms with Gasteiger partial charge in [-0.15, -0.1) is 0 Å². The summed E-state index contributed by atoms with van der Waals surface area (Å²) in [5, 5.41) is 9.42. The van der Waals surface area contributed by atoms with Crippen molar-refractivity contribution in [2.45, 2.75) is 71.4 Å². The van der Waals surface area contributed by atoms with Crippen molar-refractivity contribution in [3.8, 4) is 0 Å². The average molecular weight is 267 g/mol. The Bertz CT molecular complexity index is 372. The van der Waals surface area contributed by atoms with Gasteiger partial charge in [0.25, 0.3) is 0 Å². The van der Waals surface area contributed by atoms with E-state index in [1.54, 1.807) is 4.90 Å². The third-order valence-corrected chi connectivity index (χ3v) is 4.53. The Hall–Kier alpha value is -1.06. The lowest BCUT2D eigenvalue weighted by Crippen LogP contribution is -2.59. The van der Waals surface area contributed by atoms with Crippen molar-refractivity contribution in [1.29, 1.82) is 0 Å². The molecular formula is C15H25NO3. The number of carboxylic acid groups (broad SMARTS) is 1. The van der Waals surface area contributed by atoms with E-state index in [-0.39, 0.29) is 11.9 Å². The summed E-state index contributed by atoms with van der Waals surface area (Å²) in [4.78, 5) is 25.8. The predicted molar refractivity (Wildman–Crippen MR) is 72.7 cm³/mol. The summed E-state index contributed by atoms with van der Waals surface area (Å²) < 4.78 is 0. The Morgan fingerprint density at radius 2 is 1.68 bits per heavy atom. The second-order valence-electron chi connectivity index (χ2n) is 7.01. The largest absolute Gasteiger partial charge is 0.480 e. The Kier molecular flexibility index (Phi) is 3.88. The van der Waals surface area contributed by atoms with Crippen molar-refractivity contribution < 1.29 is 14.7 Å². The van der Waals surface area contributed by atoms with Crippen molar-refractivity contribution in [3.63, 3.8) is 0 Å². The molecule has 1 saturated heterocycles. The lowest BCUT2D eigenvalue weighted by Gasteiger charge is -2.49. The molecule has 3 atom stereocenters. The molecular weight excluding hydrogens is 242 g/mol. The van der Waals surface area contributed by atoms with Gasteiger partial charge in [-0.25, -0.2) is 4.79 Å². The van der Waals surface area contributed by atoms with Gasteiger partial charge in [-0.2, -0.15) is 0 Å². The number of carboxylic acids is 1. The zero-order valence-corrected chi connectivity index (χ0v) is 12.2. The van der Waals surface area contributed by atoms with Gasteiger partial charge in [0, 0.05) is 11.5 Å². The van der Waals surface area contributed by atoms with Gasteiger partial charge in [-0.1, -0.05) is 33.6 Å². The molecule has 3 unspecified atom stereocenters. The molecule has 108 valence electrons. The van der Waals surface area contributed by atoms with Crippen molar-refractivity contribution in [2.24, 2.45) is 11.3 Å². The van der Waals surface area contributed by atoms with E-state index < -0.39 is 17.4 Å². The van der Waals surface area contributed by atoms with E-state index in [1.165, 1.54) is 6.42 Å². The molecule has 0 bridgehead atoms. The average Bonchev–Trinajstić information content (AvgIpc) is 2.35. The minimum atomic E-state index is -0.846. The van der Waals surface area contributed by atoms with Crippen LogP contribution >= 0.6 is 0 Å². The van der Waals surface area contributed by atoms with E-state index in [4.69, 9.17) is 0 Å². The number of hydrogen-bond donors (Lipinski definition) is 1. The van der Waals surface area contributed by atoms with Crippen LogP contribution in [0.3, 0.4) is 0 Å². The highest BCUT2D eigenvalue weighted by Gasteiger charge is 2.46. The second-order valence-corrected chi connectivity index (χ2v) is 7.01. The van der Waals surface area contributed by atoms with Crippen LogP contribution in [0.1, 0.15) is 59.3 Å². The number of carbonyl (C=O) groups is 2. The van der Waals surface area contributed by atoms with E-state index in [9.17, 15) is 14.7 Å². The summed E-state index contributed by atoms with van der Waals surface area (Å²) in [6, 6.07) is -0.471. The highest BCUT2D eigenvalue weighted by atomic mass is 16.4. The summed E-state index contributed by atoms with van der Waals surface area (Å²) in [5.74, 6) is -0.339. The molecule has 2 fully saturated rings. The third kappa shape index (κ3) is 2.77. The molecule has 0 aromatic heterocycles. The second kappa shape index (κ2) is 5.14. The molecule has 1 aliphatic carbocycles. The SMILES string of the molecule is CC(C)(C)C(=O)N1C(C(=O)O)CCC2CCCCC21. The van der Waals surface area contributed by atoms with Crippen LogP contribution in [0.15, 0.2) is 0 Å². The van der Waals surface area contributed by atoms with Gasteiger partial charge in [0.15, 0.2) is 0 Å².